The van der Waals surface area contributed by atoms with Crippen molar-refractivity contribution in [1.29, 1.82) is 0 Å². The maximum absolute atomic E-state index is 12.2. The Morgan fingerprint density at radius 2 is 2.26 bits per heavy atom. The molecule has 0 saturated carbocycles. The van der Waals surface area contributed by atoms with Crippen molar-refractivity contribution < 1.29 is 9.63 Å². The lowest BCUT2D eigenvalue weighted by Crippen LogP contribution is -2.22. The number of oxime groups is 1. The predicted molar refractivity (Wildman–Crippen MR) is 91.7 cm³/mol. The Kier molecular flexibility index (Phi) is 5.38. The quantitative estimate of drug-likeness (QED) is 0.272. The molecule has 4 N–H and O–H groups in total. The highest BCUT2D eigenvalue weighted by Crippen LogP contribution is 2.18. The molecule has 23 heavy (non-hydrogen) atoms. The fourth-order valence-corrected chi connectivity index (χ4v) is 2.38. The van der Waals surface area contributed by atoms with Crippen LogP contribution in [0.25, 0.3) is 0 Å². The number of benzene rings is 1. The number of carbonyl (C=O) groups is 1. The van der Waals surface area contributed by atoms with E-state index in [1.54, 1.807) is 30.6 Å². The fourth-order valence-electron chi connectivity index (χ4n) is 2.08. The molecule has 1 aromatic heterocycles. The maximum atomic E-state index is 12.2. The maximum Gasteiger partial charge on any atom is 0.359 e. The van der Waals surface area contributed by atoms with Gasteiger partial charge in [0.1, 0.15) is 0 Å². The minimum Gasteiger partial charge on any atom is -0.398 e. The van der Waals surface area contributed by atoms with E-state index in [9.17, 15) is 4.79 Å². The van der Waals surface area contributed by atoms with Crippen molar-refractivity contribution in [1.82, 2.24) is 9.78 Å². The summed E-state index contributed by atoms with van der Waals surface area (Å²) < 4.78 is 2.30. The smallest absolute Gasteiger partial charge is 0.359 e. The molecular formula is C15H18BrN5O2. The third-order valence-electron chi connectivity index (χ3n) is 3.43. The van der Waals surface area contributed by atoms with E-state index in [1.165, 1.54) is 4.68 Å². The summed E-state index contributed by atoms with van der Waals surface area (Å²) >= 11 is 3.29. The van der Waals surface area contributed by atoms with Gasteiger partial charge in [0.15, 0.2) is 11.9 Å². The SMILES string of the molecule is CCC(C(=O)O/N=C(\N)c1cccc(N)c1C)n1cc(Br)cn1. The highest BCUT2D eigenvalue weighted by Gasteiger charge is 2.21. The van der Waals surface area contributed by atoms with E-state index in [0.717, 1.165) is 10.0 Å². The molecule has 2 rings (SSSR count). The van der Waals surface area contributed by atoms with Gasteiger partial charge in [0.05, 0.1) is 10.7 Å². The molecule has 0 aliphatic rings. The molecule has 0 bridgehead atoms. The molecule has 7 nitrogen and oxygen atoms in total. The van der Waals surface area contributed by atoms with Crippen LogP contribution in [0.15, 0.2) is 40.2 Å². The summed E-state index contributed by atoms with van der Waals surface area (Å²) in [4.78, 5) is 17.2. The van der Waals surface area contributed by atoms with E-state index in [2.05, 4.69) is 26.2 Å². The first-order chi connectivity index (χ1) is 10.9. The van der Waals surface area contributed by atoms with Crippen molar-refractivity contribution in [3.05, 3.63) is 46.2 Å². The van der Waals surface area contributed by atoms with E-state index in [0.29, 0.717) is 17.7 Å². The average molecular weight is 380 g/mol. The summed E-state index contributed by atoms with van der Waals surface area (Å²) in [5, 5.41) is 7.83. The second kappa shape index (κ2) is 7.28. The number of anilines is 1. The largest absolute Gasteiger partial charge is 0.398 e. The van der Waals surface area contributed by atoms with Crippen LogP contribution in [-0.2, 0) is 9.63 Å². The van der Waals surface area contributed by atoms with Gasteiger partial charge in [-0.05, 0) is 40.9 Å². The topological polar surface area (TPSA) is 109 Å². The molecule has 0 aliphatic heterocycles. The Labute approximate surface area is 142 Å². The first kappa shape index (κ1) is 17.0. The van der Waals surface area contributed by atoms with Crippen LogP contribution in [0, 0.1) is 6.92 Å². The van der Waals surface area contributed by atoms with Crippen LogP contribution >= 0.6 is 15.9 Å². The summed E-state index contributed by atoms with van der Waals surface area (Å²) in [5.74, 6) is -0.438. The fraction of sp³-hybridized carbons (Fsp3) is 0.267. The number of hydrogen-bond donors (Lipinski definition) is 2. The van der Waals surface area contributed by atoms with Crippen molar-refractivity contribution in [3.63, 3.8) is 0 Å². The zero-order valence-corrected chi connectivity index (χ0v) is 14.4. The lowest BCUT2D eigenvalue weighted by atomic mass is 10.1. The average Bonchev–Trinajstić information content (AvgIpc) is 2.94. The standard InChI is InChI=1S/C15H18BrN5O2/c1-3-13(21-8-10(16)7-19-21)15(22)23-20-14(18)11-5-4-6-12(17)9(11)2/h4-8,13H,3,17H2,1-2H3,(H2,18,20). The number of rotatable bonds is 5. The van der Waals surface area contributed by atoms with E-state index in [-0.39, 0.29) is 5.84 Å². The molecule has 0 amide bonds. The zero-order valence-electron chi connectivity index (χ0n) is 12.9. The van der Waals surface area contributed by atoms with Crippen LogP contribution in [0.3, 0.4) is 0 Å². The summed E-state index contributed by atoms with van der Waals surface area (Å²) in [5.41, 5.74) is 13.7. The molecule has 1 atom stereocenters. The Morgan fingerprint density at radius 3 is 2.87 bits per heavy atom. The molecule has 0 spiro atoms. The third-order valence-corrected chi connectivity index (χ3v) is 3.84. The van der Waals surface area contributed by atoms with Crippen molar-refractivity contribution in [2.75, 3.05) is 5.73 Å². The minimum absolute atomic E-state index is 0.0969. The van der Waals surface area contributed by atoms with E-state index < -0.39 is 12.0 Å². The molecular weight excluding hydrogens is 362 g/mol. The second-order valence-corrected chi connectivity index (χ2v) is 5.88. The lowest BCUT2D eigenvalue weighted by Gasteiger charge is -2.12. The molecule has 8 heteroatoms. The number of hydrogen-bond acceptors (Lipinski definition) is 5. The summed E-state index contributed by atoms with van der Waals surface area (Å²) in [6, 6.07) is 4.72. The Bertz CT molecular complexity index is 741. The number of nitrogens with two attached hydrogens (primary N) is 2. The van der Waals surface area contributed by atoms with E-state index >= 15 is 0 Å². The number of amidine groups is 1. The molecule has 0 saturated heterocycles. The van der Waals surface area contributed by atoms with Crippen molar-refractivity contribution in [2.45, 2.75) is 26.3 Å². The van der Waals surface area contributed by atoms with E-state index in [4.69, 9.17) is 16.3 Å². The van der Waals surface area contributed by atoms with Gasteiger partial charge >= 0.3 is 5.97 Å². The zero-order chi connectivity index (χ0) is 17.0. The molecule has 1 aromatic carbocycles. The number of aromatic nitrogens is 2. The minimum atomic E-state index is -0.570. The molecule has 0 aliphatic carbocycles. The predicted octanol–water partition coefficient (Wildman–Crippen LogP) is 2.35. The summed E-state index contributed by atoms with van der Waals surface area (Å²) in [6.07, 6.45) is 3.81. The highest BCUT2D eigenvalue weighted by atomic mass is 79.9. The van der Waals surface area contributed by atoms with Crippen LogP contribution in [0.4, 0.5) is 5.69 Å². The monoisotopic (exact) mass is 379 g/mol. The normalized spacial score (nSPS) is 12.9. The van der Waals surface area contributed by atoms with Gasteiger partial charge in [0.25, 0.3) is 0 Å². The number of carbonyl (C=O) groups excluding carboxylic acids is 1. The molecule has 1 unspecified atom stereocenters. The summed E-state index contributed by atoms with van der Waals surface area (Å²) in [7, 11) is 0. The van der Waals surface area contributed by atoms with Crippen LogP contribution in [-0.4, -0.2) is 21.6 Å². The second-order valence-electron chi connectivity index (χ2n) is 4.97. The summed E-state index contributed by atoms with van der Waals surface area (Å²) in [6.45, 7) is 3.68. The first-order valence-corrected chi connectivity index (χ1v) is 7.82. The van der Waals surface area contributed by atoms with Crippen LogP contribution in [0.1, 0.15) is 30.5 Å². The van der Waals surface area contributed by atoms with Gasteiger partial charge in [-0.3, -0.25) is 4.68 Å². The van der Waals surface area contributed by atoms with Gasteiger partial charge in [0, 0.05) is 17.4 Å². The van der Waals surface area contributed by atoms with Crippen LogP contribution < -0.4 is 11.5 Å². The van der Waals surface area contributed by atoms with E-state index in [1.807, 2.05) is 13.8 Å². The van der Waals surface area contributed by atoms with Gasteiger partial charge in [-0.2, -0.15) is 5.10 Å². The Morgan fingerprint density at radius 1 is 1.52 bits per heavy atom. The van der Waals surface area contributed by atoms with Gasteiger partial charge in [-0.15, -0.1) is 0 Å². The molecule has 1 heterocycles. The molecule has 0 fully saturated rings. The Balaban J connectivity index is 2.14. The van der Waals surface area contributed by atoms with Crippen molar-refractivity contribution >= 4 is 33.4 Å². The van der Waals surface area contributed by atoms with Gasteiger partial charge in [-0.1, -0.05) is 24.2 Å². The number of halogens is 1. The third kappa shape index (κ3) is 3.89. The first-order valence-electron chi connectivity index (χ1n) is 7.03. The van der Waals surface area contributed by atoms with Crippen molar-refractivity contribution in [2.24, 2.45) is 10.9 Å². The molecule has 2 aromatic rings. The van der Waals surface area contributed by atoms with Gasteiger partial charge < -0.3 is 16.3 Å². The van der Waals surface area contributed by atoms with Gasteiger partial charge in [-0.25, -0.2) is 4.79 Å². The number of nitrogens with zero attached hydrogens (tertiary/aromatic N) is 3. The van der Waals surface area contributed by atoms with Crippen LogP contribution in [0.2, 0.25) is 0 Å². The highest BCUT2D eigenvalue weighted by molar-refractivity contribution is 9.10. The van der Waals surface area contributed by atoms with Crippen molar-refractivity contribution in [3.8, 4) is 0 Å². The molecule has 122 valence electrons. The Hall–Kier alpha value is -2.35. The van der Waals surface area contributed by atoms with Crippen LogP contribution in [0.5, 0.6) is 0 Å². The lowest BCUT2D eigenvalue weighted by molar-refractivity contribution is -0.148. The molecule has 0 radical (unpaired) electrons. The van der Waals surface area contributed by atoms with Gasteiger partial charge in [0.2, 0.25) is 0 Å². The number of nitrogen functional groups attached to an aromatic ring is 1.